The van der Waals surface area contributed by atoms with E-state index in [4.69, 9.17) is 4.74 Å². The van der Waals surface area contributed by atoms with E-state index in [-0.39, 0.29) is 23.8 Å². The van der Waals surface area contributed by atoms with E-state index in [2.05, 4.69) is 20.8 Å². The molecule has 28 heavy (non-hydrogen) atoms. The van der Waals surface area contributed by atoms with E-state index in [0.717, 1.165) is 5.56 Å². The Bertz CT molecular complexity index is 1040. The molecule has 0 bridgehead atoms. The van der Waals surface area contributed by atoms with E-state index >= 15 is 0 Å². The number of ether oxygens (including phenoxy) is 1. The van der Waals surface area contributed by atoms with Gasteiger partial charge in [-0.3, -0.25) is 14.7 Å². The molecular weight excluding hydrogens is 363 g/mol. The van der Waals surface area contributed by atoms with Crippen LogP contribution in [0.15, 0.2) is 36.4 Å². The van der Waals surface area contributed by atoms with Crippen molar-refractivity contribution >= 4 is 34.9 Å². The van der Waals surface area contributed by atoms with Crippen LogP contribution in [0.2, 0.25) is 0 Å². The summed E-state index contributed by atoms with van der Waals surface area (Å²) in [6.07, 6.45) is 3.54. The molecule has 0 atom stereocenters. The first-order chi connectivity index (χ1) is 13.5. The fraction of sp³-hybridized carbons (Fsp3) is 0.150. The molecule has 2 aromatic carbocycles. The van der Waals surface area contributed by atoms with Gasteiger partial charge in [0.2, 0.25) is 5.91 Å². The smallest absolute Gasteiger partial charge is 0.255 e. The zero-order chi connectivity index (χ0) is 20.1. The lowest BCUT2D eigenvalue weighted by molar-refractivity contribution is -0.119. The van der Waals surface area contributed by atoms with Gasteiger partial charge < -0.3 is 15.4 Å². The van der Waals surface area contributed by atoms with Gasteiger partial charge in [-0.1, -0.05) is 18.2 Å². The van der Waals surface area contributed by atoms with Crippen LogP contribution in [0.5, 0.6) is 5.75 Å². The van der Waals surface area contributed by atoms with Gasteiger partial charge in [-0.2, -0.15) is 5.10 Å². The van der Waals surface area contributed by atoms with Gasteiger partial charge in [0.25, 0.3) is 5.91 Å². The van der Waals surface area contributed by atoms with Crippen molar-refractivity contribution in [3.63, 3.8) is 0 Å². The number of hydrogen-bond donors (Lipinski definition) is 3. The molecule has 0 saturated carbocycles. The average molecular weight is 382 g/mol. The minimum absolute atomic E-state index is 0.140. The number of nitrogens with zero attached hydrogens (tertiary/aromatic N) is 1. The van der Waals surface area contributed by atoms with Crippen molar-refractivity contribution in [1.82, 2.24) is 20.8 Å². The van der Waals surface area contributed by atoms with Gasteiger partial charge in [-0.15, -0.1) is 0 Å². The molecular formula is C20H19FN4O3. The second-order valence-electron chi connectivity index (χ2n) is 5.92. The number of aromatic amines is 1. The van der Waals surface area contributed by atoms with Gasteiger partial charge >= 0.3 is 0 Å². The Morgan fingerprint density at radius 2 is 1.93 bits per heavy atom. The molecule has 0 radical (unpaired) electrons. The van der Waals surface area contributed by atoms with Crippen LogP contribution in [-0.2, 0) is 4.79 Å². The number of likely N-dealkylation sites (N-methyl/N-ethyl adjacent to an activating group) is 1. The largest absolute Gasteiger partial charge is 0.495 e. The van der Waals surface area contributed by atoms with Gasteiger partial charge in [0.1, 0.15) is 11.6 Å². The van der Waals surface area contributed by atoms with Crippen molar-refractivity contribution in [2.75, 3.05) is 20.7 Å². The normalized spacial score (nSPS) is 11.0. The van der Waals surface area contributed by atoms with Crippen LogP contribution in [0.25, 0.3) is 23.1 Å². The quantitative estimate of drug-likeness (QED) is 0.610. The van der Waals surface area contributed by atoms with E-state index in [1.165, 1.54) is 26.3 Å². The van der Waals surface area contributed by atoms with Crippen molar-refractivity contribution in [1.29, 1.82) is 0 Å². The van der Waals surface area contributed by atoms with Gasteiger partial charge in [0, 0.05) is 7.05 Å². The van der Waals surface area contributed by atoms with E-state index < -0.39 is 5.91 Å². The number of amides is 2. The van der Waals surface area contributed by atoms with Crippen LogP contribution < -0.4 is 15.4 Å². The molecule has 0 aliphatic rings. The van der Waals surface area contributed by atoms with E-state index in [1.807, 2.05) is 0 Å². The number of hydrogen-bond acceptors (Lipinski definition) is 4. The Kier molecular flexibility index (Phi) is 5.69. The number of carbonyl (C=O) groups is 2. The summed E-state index contributed by atoms with van der Waals surface area (Å²) in [6, 6.07) is 9.36. The zero-order valence-electron chi connectivity index (χ0n) is 15.4. The van der Waals surface area contributed by atoms with E-state index in [1.54, 1.807) is 36.4 Å². The molecule has 3 aromatic rings. The van der Waals surface area contributed by atoms with Crippen molar-refractivity contribution in [2.45, 2.75) is 0 Å². The van der Waals surface area contributed by atoms with Crippen LogP contribution in [0.3, 0.4) is 0 Å². The number of aromatic nitrogens is 2. The van der Waals surface area contributed by atoms with Gasteiger partial charge in [-0.25, -0.2) is 4.39 Å². The monoisotopic (exact) mass is 382 g/mol. The Labute approximate surface area is 160 Å². The van der Waals surface area contributed by atoms with Gasteiger partial charge in [0.05, 0.1) is 35.8 Å². The topological polar surface area (TPSA) is 96.1 Å². The lowest BCUT2D eigenvalue weighted by atomic mass is 10.1. The summed E-state index contributed by atoms with van der Waals surface area (Å²) in [7, 11) is 2.96. The summed E-state index contributed by atoms with van der Waals surface area (Å²) in [4.78, 5) is 23.8. The Balaban J connectivity index is 1.95. The van der Waals surface area contributed by atoms with E-state index in [0.29, 0.717) is 22.3 Å². The van der Waals surface area contributed by atoms with Crippen molar-refractivity contribution in [3.8, 4) is 5.75 Å². The molecule has 8 heteroatoms. The maximum absolute atomic E-state index is 13.0. The minimum atomic E-state index is -0.433. The maximum Gasteiger partial charge on any atom is 0.255 e. The van der Waals surface area contributed by atoms with E-state index in [9.17, 15) is 14.0 Å². The Morgan fingerprint density at radius 3 is 2.61 bits per heavy atom. The third-order valence-corrected chi connectivity index (χ3v) is 4.15. The lowest BCUT2D eigenvalue weighted by Gasteiger charge is -2.10. The summed E-state index contributed by atoms with van der Waals surface area (Å²) >= 11 is 0. The molecule has 0 aliphatic carbocycles. The summed E-state index contributed by atoms with van der Waals surface area (Å²) in [5.41, 5.74) is 2.35. The first-order valence-electron chi connectivity index (χ1n) is 8.51. The highest BCUT2D eigenvalue weighted by Crippen LogP contribution is 2.32. The van der Waals surface area contributed by atoms with Crippen LogP contribution >= 0.6 is 0 Å². The average Bonchev–Trinajstić information content (AvgIpc) is 3.13. The highest BCUT2D eigenvalue weighted by Gasteiger charge is 2.19. The number of carbonyl (C=O) groups excluding carboxylic acids is 2. The molecule has 1 heterocycles. The molecule has 144 valence electrons. The van der Waals surface area contributed by atoms with Crippen molar-refractivity contribution in [3.05, 3.63) is 59.0 Å². The van der Waals surface area contributed by atoms with Crippen LogP contribution in [-0.4, -0.2) is 42.7 Å². The number of methoxy groups -OCH3 is 1. The molecule has 0 aliphatic heterocycles. The van der Waals surface area contributed by atoms with Gasteiger partial charge in [0.15, 0.2) is 0 Å². The summed E-state index contributed by atoms with van der Waals surface area (Å²) in [6.45, 7) is -0.140. The standard InChI is InChI=1S/C20H19FN4O3/c1-22-17(26)11-23-20(27)14-8-10-16-18(19(14)28-2)15(24-25-16)9-5-12-3-6-13(21)7-4-12/h3-10H,11H2,1-2H3,(H,22,26)(H,23,27)(H,24,25). The fourth-order valence-electron chi connectivity index (χ4n) is 2.71. The number of benzene rings is 2. The first-order valence-corrected chi connectivity index (χ1v) is 8.51. The molecule has 0 spiro atoms. The molecule has 2 amide bonds. The zero-order valence-corrected chi connectivity index (χ0v) is 15.4. The second kappa shape index (κ2) is 8.34. The van der Waals surface area contributed by atoms with Crippen LogP contribution in [0, 0.1) is 5.82 Å². The highest BCUT2D eigenvalue weighted by molar-refractivity contribution is 6.06. The summed E-state index contributed by atoms with van der Waals surface area (Å²) in [5, 5.41) is 12.8. The highest BCUT2D eigenvalue weighted by atomic mass is 19.1. The summed E-state index contributed by atoms with van der Waals surface area (Å²) in [5.74, 6) is -0.701. The number of H-pyrrole nitrogens is 1. The Morgan fingerprint density at radius 1 is 1.18 bits per heavy atom. The molecule has 3 rings (SSSR count). The lowest BCUT2D eigenvalue weighted by Crippen LogP contribution is -2.35. The Hall–Kier alpha value is -3.68. The summed E-state index contributed by atoms with van der Waals surface area (Å²) < 4.78 is 18.5. The van der Waals surface area contributed by atoms with Crippen LogP contribution in [0.4, 0.5) is 4.39 Å². The predicted molar refractivity (Wildman–Crippen MR) is 104 cm³/mol. The molecule has 7 nitrogen and oxygen atoms in total. The third kappa shape index (κ3) is 4.01. The number of rotatable bonds is 6. The minimum Gasteiger partial charge on any atom is -0.495 e. The fourth-order valence-corrected chi connectivity index (χ4v) is 2.71. The maximum atomic E-state index is 13.0. The molecule has 0 saturated heterocycles. The number of nitrogens with one attached hydrogen (secondary N) is 3. The SMILES string of the molecule is CNC(=O)CNC(=O)c1ccc2[nH]nc(C=Cc3ccc(F)cc3)c2c1OC. The third-order valence-electron chi connectivity index (χ3n) is 4.15. The molecule has 0 fully saturated rings. The first kappa shape index (κ1) is 19.1. The van der Waals surface area contributed by atoms with Crippen molar-refractivity contribution < 1.29 is 18.7 Å². The second-order valence-corrected chi connectivity index (χ2v) is 5.92. The van der Waals surface area contributed by atoms with Crippen LogP contribution in [0.1, 0.15) is 21.6 Å². The molecule has 1 aromatic heterocycles. The van der Waals surface area contributed by atoms with Gasteiger partial charge in [-0.05, 0) is 35.9 Å². The predicted octanol–water partition coefficient (Wildman–Crippen LogP) is 2.36. The van der Waals surface area contributed by atoms with Crippen molar-refractivity contribution in [2.24, 2.45) is 0 Å². The molecule has 0 unspecified atom stereocenters. The molecule has 3 N–H and O–H groups in total. The number of halogens is 1. The number of fused-ring (bicyclic) bond motifs is 1.